The molecule has 3 aliphatic rings. The van der Waals surface area contributed by atoms with Crippen molar-refractivity contribution >= 4 is 23.3 Å². The van der Waals surface area contributed by atoms with Gasteiger partial charge in [-0.1, -0.05) is 18.0 Å². The standard InChI is InChI=1S/C19H27ClN4O/c1-12(16-11-13-2-3-15(16)10-13)21-19(25)14-6-8-24(9-7-14)18-5-4-17(20)22-23-18/h4-5,12-16H,2-3,6-11H2,1H3,(H,21,25). The number of halogens is 1. The van der Waals surface area contributed by atoms with Crippen molar-refractivity contribution in [1.82, 2.24) is 15.5 Å². The fourth-order valence-electron chi connectivity index (χ4n) is 5.20. The van der Waals surface area contributed by atoms with E-state index in [2.05, 4.69) is 27.3 Å². The lowest BCUT2D eigenvalue weighted by Gasteiger charge is -2.34. The number of carbonyl (C=O) groups is 1. The monoisotopic (exact) mass is 362 g/mol. The third kappa shape index (κ3) is 3.62. The molecule has 2 saturated carbocycles. The van der Waals surface area contributed by atoms with Crippen LogP contribution < -0.4 is 10.2 Å². The summed E-state index contributed by atoms with van der Waals surface area (Å²) in [4.78, 5) is 14.9. The highest BCUT2D eigenvalue weighted by Gasteiger charge is 2.42. The normalized spacial score (nSPS) is 30.5. The van der Waals surface area contributed by atoms with Crippen LogP contribution in [0.15, 0.2) is 12.1 Å². The lowest BCUT2D eigenvalue weighted by Crippen LogP contribution is -2.46. The van der Waals surface area contributed by atoms with Crippen molar-refractivity contribution in [3.63, 3.8) is 0 Å². The van der Waals surface area contributed by atoms with Gasteiger partial charge in [-0.15, -0.1) is 10.2 Å². The van der Waals surface area contributed by atoms with Crippen molar-refractivity contribution in [3.05, 3.63) is 17.3 Å². The Kier molecular flexibility index (Phi) is 4.85. The van der Waals surface area contributed by atoms with Crippen LogP contribution in [0.4, 0.5) is 5.82 Å². The van der Waals surface area contributed by atoms with Crippen molar-refractivity contribution < 1.29 is 4.79 Å². The highest BCUT2D eigenvalue weighted by atomic mass is 35.5. The Labute approximate surface area is 154 Å². The molecule has 4 rings (SSSR count). The first-order chi connectivity index (χ1) is 12.1. The molecule has 1 amide bonds. The van der Waals surface area contributed by atoms with Gasteiger partial charge in [-0.25, -0.2) is 0 Å². The van der Waals surface area contributed by atoms with Gasteiger partial charge < -0.3 is 10.2 Å². The number of fused-ring (bicyclic) bond motifs is 2. The average Bonchev–Trinajstić information content (AvgIpc) is 3.26. The third-order valence-electron chi connectivity index (χ3n) is 6.61. The van der Waals surface area contributed by atoms with Crippen LogP contribution in [0.25, 0.3) is 0 Å². The van der Waals surface area contributed by atoms with E-state index in [9.17, 15) is 4.79 Å². The van der Waals surface area contributed by atoms with Gasteiger partial charge in [0.2, 0.25) is 5.91 Å². The minimum atomic E-state index is 0.123. The Morgan fingerprint density at radius 3 is 2.60 bits per heavy atom. The van der Waals surface area contributed by atoms with Crippen LogP contribution in [0.2, 0.25) is 5.15 Å². The minimum Gasteiger partial charge on any atom is -0.355 e. The molecule has 4 atom stereocenters. The molecule has 2 bridgehead atoms. The van der Waals surface area contributed by atoms with Crippen LogP contribution in [0.5, 0.6) is 0 Å². The number of carbonyl (C=O) groups excluding carboxylic acids is 1. The summed E-state index contributed by atoms with van der Waals surface area (Å²) in [6.45, 7) is 3.90. The van der Waals surface area contributed by atoms with Crippen LogP contribution in [0.1, 0.15) is 45.4 Å². The fraction of sp³-hybridized carbons (Fsp3) is 0.737. The third-order valence-corrected chi connectivity index (χ3v) is 6.81. The van der Waals surface area contributed by atoms with Gasteiger partial charge in [0.05, 0.1) is 0 Å². The Hall–Kier alpha value is -1.36. The summed E-state index contributed by atoms with van der Waals surface area (Å²) in [5, 5.41) is 11.8. The van der Waals surface area contributed by atoms with Gasteiger partial charge in [0.15, 0.2) is 11.0 Å². The smallest absolute Gasteiger partial charge is 0.223 e. The molecule has 4 unspecified atom stereocenters. The molecule has 5 nitrogen and oxygen atoms in total. The second-order valence-corrected chi connectivity index (χ2v) is 8.50. The fourth-order valence-corrected chi connectivity index (χ4v) is 5.30. The largest absolute Gasteiger partial charge is 0.355 e. The first-order valence-electron chi connectivity index (χ1n) is 9.64. The summed E-state index contributed by atoms with van der Waals surface area (Å²) in [5.41, 5.74) is 0. The van der Waals surface area contributed by atoms with Gasteiger partial charge in [-0.05, 0) is 68.9 Å². The van der Waals surface area contributed by atoms with E-state index in [0.29, 0.717) is 17.1 Å². The lowest BCUT2D eigenvalue weighted by molar-refractivity contribution is -0.126. The van der Waals surface area contributed by atoms with Crippen molar-refractivity contribution in [2.45, 2.75) is 51.5 Å². The zero-order valence-electron chi connectivity index (χ0n) is 14.8. The second-order valence-electron chi connectivity index (χ2n) is 8.11. The maximum atomic E-state index is 12.7. The number of hydrogen-bond donors (Lipinski definition) is 1. The molecule has 0 aromatic carbocycles. The molecule has 2 heterocycles. The maximum absolute atomic E-state index is 12.7. The number of nitrogens with zero attached hydrogens (tertiary/aromatic N) is 3. The Balaban J connectivity index is 1.27. The Morgan fingerprint density at radius 1 is 1.20 bits per heavy atom. The van der Waals surface area contributed by atoms with Gasteiger partial charge in [-0.2, -0.15) is 0 Å². The molecule has 1 aromatic heterocycles. The summed E-state index contributed by atoms with van der Waals surface area (Å²) in [6.07, 6.45) is 7.24. The number of amides is 1. The van der Waals surface area contributed by atoms with Gasteiger partial charge in [0.25, 0.3) is 0 Å². The average molecular weight is 363 g/mol. The van der Waals surface area contributed by atoms with Crippen LogP contribution in [-0.4, -0.2) is 35.2 Å². The highest BCUT2D eigenvalue weighted by Crippen LogP contribution is 2.49. The summed E-state index contributed by atoms with van der Waals surface area (Å²) in [7, 11) is 0. The summed E-state index contributed by atoms with van der Waals surface area (Å²) < 4.78 is 0. The molecule has 2 aliphatic carbocycles. The molecule has 0 radical (unpaired) electrons. The van der Waals surface area contributed by atoms with Crippen molar-refractivity contribution in [2.24, 2.45) is 23.7 Å². The van der Waals surface area contributed by atoms with Crippen LogP contribution in [0.3, 0.4) is 0 Å². The number of aromatic nitrogens is 2. The van der Waals surface area contributed by atoms with E-state index in [1.54, 1.807) is 6.07 Å². The Bertz CT molecular complexity index is 614. The topological polar surface area (TPSA) is 58.1 Å². The van der Waals surface area contributed by atoms with Crippen LogP contribution in [0, 0.1) is 23.7 Å². The van der Waals surface area contributed by atoms with Gasteiger partial charge in [0, 0.05) is 25.0 Å². The zero-order valence-corrected chi connectivity index (χ0v) is 15.6. The first-order valence-corrected chi connectivity index (χ1v) is 10.0. The SMILES string of the molecule is CC(NC(=O)C1CCN(c2ccc(Cl)nn2)CC1)C1CC2CCC1C2. The number of anilines is 1. The number of piperidine rings is 1. The molecule has 1 aliphatic heterocycles. The van der Waals surface area contributed by atoms with Crippen molar-refractivity contribution in [1.29, 1.82) is 0 Å². The van der Waals surface area contributed by atoms with E-state index >= 15 is 0 Å². The Morgan fingerprint density at radius 2 is 2.00 bits per heavy atom. The molecule has 3 fully saturated rings. The molecule has 1 saturated heterocycles. The van der Waals surface area contributed by atoms with Crippen molar-refractivity contribution in [2.75, 3.05) is 18.0 Å². The van der Waals surface area contributed by atoms with E-state index in [-0.39, 0.29) is 11.8 Å². The molecule has 1 aromatic rings. The lowest BCUT2D eigenvalue weighted by atomic mass is 9.83. The molecule has 25 heavy (non-hydrogen) atoms. The van der Waals surface area contributed by atoms with Crippen molar-refractivity contribution in [3.8, 4) is 0 Å². The first kappa shape index (κ1) is 17.1. The molecule has 0 spiro atoms. The summed E-state index contributed by atoms with van der Waals surface area (Å²) in [5.74, 6) is 3.70. The van der Waals surface area contributed by atoms with Crippen LogP contribution >= 0.6 is 11.6 Å². The van der Waals surface area contributed by atoms with E-state index in [1.165, 1.54) is 25.7 Å². The number of rotatable bonds is 4. The molecule has 1 N–H and O–H groups in total. The van der Waals surface area contributed by atoms with Gasteiger partial charge in [-0.3, -0.25) is 4.79 Å². The summed E-state index contributed by atoms with van der Waals surface area (Å²) in [6, 6.07) is 3.98. The van der Waals surface area contributed by atoms with Gasteiger partial charge in [0.1, 0.15) is 0 Å². The predicted octanol–water partition coefficient (Wildman–Crippen LogP) is 3.29. The van der Waals surface area contributed by atoms with Crippen LogP contribution in [-0.2, 0) is 4.79 Å². The van der Waals surface area contributed by atoms with E-state index < -0.39 is 0 Å². The van der Waals surface area contributed by atoms with E-state index in [4.69, 9.17) is 11.6 Å². The molecular formula is C19H27ClN4O. The second kappa shape index (κ2) is 7.10. The maximum Gasteiger partial charge on any atom is 0.223 e. The van der Waals surface area contributed by atoms with Gasteiger partial charge >= 0.3 is 0 Å². The minimum absolute atomic E-state index is 0.123. The molecule has 136 valence electrons. The number of hydrogen-bond acceptors (Lipinski definition) is 4. The zero-order chi connectivity index (χ0) is 17.4. The molecule has 6 heteroatoms. The highest BCUT2D eigenvalue weighted by molar-refractivity contribution is 6.29. The number of nitrogens with one attached hydrogen (secondary N) is 1. The van der Waals surface area contributed by atoms with E-state index in [0.717, 1.165) is 43.6 Å². The predicted molar refractivity (Wildman–Crippen MR) is 98.5 cm³/mol. The quantitative estimate of drug-likeness (QED) is 0.892. The molecular weight excluding hydrogens is 336 g/mol. The van der Waals surface area contributed by atoms with E-state index in [1.807, 2.05) is 6.07 Å². The summed E-state index contributed by atoms with van der Waals surface area (Å²) >= 11 is 5.80.